The Balaban J connectivity index is 3.64. The fraction of sp³-hybridized carbons (Fsp3) is 0.333. The highest BCUT2D eigenvalue weighted by Crippen LogP contribution is 2.16. The quantitative estimate of drug-likeness (QED) is 0.810. The summed E-state index contributed by atoms with van der Waals surface area (Å²) < 4.78 is 22.6. The number of carboxylic acids is 1. The van der Waals surface area contributed by atoms with Gasteiger partial charge in [0.1, 0.15) is 0 Å². The highest BCUT2D eigenvalue weighted by Gasteiger charge is 2.21. The molecule has 15 heavy (non-hydrogen) atoms. The molecule has 0 aliphatic rings. The van der Waals surface area contributed by atoms with Crippen LogP contribution in [0.5, 0.6) is 0 Å². The number of pyridine rings is 1. The van der Waals surface area contributed by atoms with Gasteiger partial charge in [0.05, 0.1) is 5.56 Å². The predicted octanol–water partition coefficient (Wildman–Crippen LogP) is 0.800. The first-order valence-electron chi connectivity index (χ1n) is 4.15. The summed E-state index contributed by atoms with van der Waals surface area (Å²) in [7, 11) is -3.61. The van der Waals surface area contributed by atoms with E-state index in [1.165, 1.54) is 6.07 Å². The molecule has 1 aromatic rings. The molecule has 82 valence electrons. The van der Waals surface area contributed by atoms with E-state index >= 15 is 0 Å². The fourth-order valence-electron chi connectivity index (χ4n) is 1.12. The maximum Gasteiger partial charge on any atom is 0.338 e. The van der Waals surface area contributed by atoms with Crippen molar-refractivity contribution in [3.8, 4) is 0 Å². The van der Waals surface area contributed by atoms with Crippen LogP contribution in [0.4, 0.5) is 0 Å². The normalized spacial score (nSPS) is 11.4. The van der Waals surface area contributed by atoms with Crippen LogP contribution in [0, 0.1) is 13.8 Å². The largest absolute Gasteiger partial charge is 0.478 e. The van der Waals surface area contributed by atoms with Crippen LogP contribution in [-0.2, 0) is 9.84 Å². The second kappa shape index (κ2) is 3.62. The number of hydrogen-bond acceptors (Lipinski definition) is 4. The number of carboxylic acid groups (broad SMARTS) is 1. The van der Waals surface area contributed by atoms with Crippen molar-refractivity contribution in [1.82, 2.24) is 4.98 Å². The smallest absolute Gasteiger partial charge is 0.338 e. The monoisotopic (exact) mass is 229 g/mol. The number of rotatable bonds is 2. The third-order valence-electron chi connectivity index (χ3n) is 2.01. The summed E-state index contributed by atoms with van der Waals surface area (Å²) in [6, 6.07) is 1.32. The Labute approximate surface area is 87.7 Å². The van der Waals surface area contributed by atoms with Crippen molar-refractivity contribution in [2.75, 3.05) is 6.26 Å². The molecule has 0 saturated carbocycles. The maximum absolute atomic E-state index is 11.3. The van der Waals surface area contributed by atoms with E-state index in [-0.39, 0.29) is 10.6 Å². The molecule has 0 bridgehead atoms. The molecule has 5 nitrogen and oxygen atoms in total. The SMILES string of the molecule is Cc1cc(C(=O)O)c(S(C)(=O)=O)nc1C. The molecule has 0 aromatic carbocycles. The minimum Gasteiger partial charge on any atom is -0.478 e. The first-order valence-corrected chi connectivity index (χ1v) is 6.04. The summed E-state index contributed by atoms with van der Waals surface area (Å²) in [6.07, 6.45) is 0.941. The van der Waals surface area contributed by atoms with Crippen molar-refractivity contribution in [2.45, 2.75) is 18.9 Å². The zero-order valence-corrected chi connectivity index (χ0v) is 9.42. The van der Waals surface area contributed by atoms with Crippen LogP contribution in [0.25, 0.3) is 0 Å². The molecular weight excluding hydrogens is 218 g/mol. The Morgan fingerprint density at radius 3 is 2.33 bits per heavy atom. The first kappa shape index (κ1) is 11.6. The Morgan fingerprint density at radius 1 is 1.40 bits per heavy atom. The van der Waals surface area contributed by atoms with Gasteiger partial charge in [-0.2, -0.15) is 0 Å². The molecule has 0 radical (unpaired) electrons. The van der Waals surface area contributed by atoms with Gasteiger partial charge in [0.25, 0.3) is 0 Å². The van der Waals surface area contributed by atoms with E-state index in [1.54, 1.807) is 13.8 Å². The van der Waals surface area contributed by atoms with Crippen molar-refractivity contribution in [2.24, 2.45) is 0 Å². The number of nitrogens with zero attached hydrogens (tertiary/aromatic N) is 1. The van der Waals surface area contributed by atoms with Gasteiger partial charge in [-0.1, -0.05) is 0 Å². The number of aryl methyl sites for hydroxylation is 2. The highest BCUT2D eigenvalue weighted by molar-refractivity contribution is 7.90. The first-order chi connectivity index (χ1) is 6.73. The molecule has 0 spiro atoms. The van der Waals surface area contributed by atoms with Crippen LogP contribution in [-0.4, -0.2) is 30.7 Å². The van der Waals surface area contributed by atoms with Crippen LogP contribution in [0.15, 0.2) is 11.1 Å². The third kappa shape index (κ3) is 2.33. The number of sulfone groups is 1. The third-order valence-corrected chi connectivity index (χ3v) is 3.03. The average Bonchev–Trinajstić information content (AvgIpc) is 2.06. The lowest BCUT2D eigenvalue weighted by molar-refractivity contribution is 0.0691. The van der Waals surface area contributed by atoms with E-state index in [2.05, 4.69) is 4.98 Å². The summed E-state index contributed by atoms with van der Waals surface area (Å²) in [5, 5.41) is 8.46. The van der Waals surface area contributed by atoms with Crippen molar-refractivity contribution in [3.63, 3.8) is 0 Å². The Morgan fingerprint density at radius 2 is 1.93 bits per heavy atom. The summed E-state index contributed by atoms with van der Waals surface area (Å²) in [4.78, 5) is 14.6. The molecule has 0 fully saturated rings. The highest BCUT2D eigenvalue weighted by atomic mass is 32.2. The van der Waals surface area contributed by atoms with Gasteiger partial charge in [-0.05, 0) is 25.5 Å². The Hall–Kier alpha value is -1.43. The van der Waals surface area contributed by atoms with Crippen LogP contribution in [0.1, 0.15) is 21.6 Å². The molecule has 0 saturated heterocycles. The van der Waals surface area contributed by atoms with Crippen molar-refractivity contribution >= 4 is 15.8 Å². The van der Waals surface area contributed by atoms with Crippen LogP contribution < -0.4 is 0 Å². The van der Waals surface area contributed by atoms with Gasteiger partial charge in [0, 0.05) is 11.9 Å². The molecule has 0 aliphatic carbocycles. The molecule has 1 aromatic heterocycles. The lowest BCUT2D eigenvalue weighted by Crippen LogP contribution is -2.11. The molecule has 0 aliphatic heterocycles. The molecular formula is C9H11NO4S. The predicted molar refractivity (Wildman–Crippen MR) is 53.8 cm³/mol. The minimum absolute atomic E-state index is 0.277. The lowest BCUT2D eigenvalue weighted by atomic mass is 10.2. The van der Waals surface area contributed by atoms with Gasteiger partial charge < -0.3 is 5.11 Å². The number of aromatic carboxylic acids is 1. The van der Waals surface area contributed by atoms with E-state index in [9.17, 15) is 13.2 Å². The average molecular weight is 229 g/mol. The van der Waals surface area contributed by atoms with E-state index in [1.807, 2.05) is 0 Å². The zero-order chi connectivity index (χ0) is 11.8. The van der Waals surface area contributed by atoms with Gasteiger partial charge in [-0.3, -0.25) is 0 Å². The van der Waals surface area contributed by atoms with Crippen LogP contribution >= 0.6 is 0 Å². The molecule has 1 heterocycles. The summed E-state index contributed by atoms with van der Waals surface area (Å²) in [6.45, 7) is 3.32. The zero-order valence-electron chi connectivity index (χ0n) is 8.60. The summed E-state index contributed by atoms with van der Waals surface area (Å²) in [5.41, 5.74) is 0.890. The number of carbonyl (C=O) groups is 1. The molecule has 0 atom stereocenters. The second-order valence-electron chi connectivity index (χ2n) is 3.32. The summed E-state index contributed by atoms with van der Waals surface area (Å²) >= 11 is 0. The van der Waals surface area contributed by atoms with E-state index in [0.29, 0.717) is 11.3 Å². The molecule has 1 rings (SSSR count). The molecule has 0 amide bonds. The van der Waals surface area contributed by atoms with E-state index in [4.69, 9.17) is 5.11 Å². The number of aromatic nitrogens is 1. The van der Waals surface area contributed by atoms with Crippen LogP contribution in [0.2, 0.25) is 0 Å². The van der Waals surface area contributed by atoms with E-state index in [0.717, 1.165) is 6.26 Å². The van der Waals surface area contributed by atoms with Gasteiger partial charge in [0.15, 0.2) is 14.9 Å². The second-order valence-corrected chi connectivity index (χ2v) is 5.25. The standard InChI is InChI=1S/C9H11NO4S/c1-5-4-7(9(11)12)8(10-6(5)2)15(3,13)14/h4H,1-3H3,(H,11,12). The van der Waals surface area contributed by atoms with Crippen molar-refractivity contribution in [1.29, 1.82) is 0 Å². The molecule has 1 N–H and O–H groups in total. The Bertz CT molecular complexity index is 519. The fourth-order valence-corrected chi connectivity index (χ4v) is 1.97. The van der Waals surface area contributed by atoms with Gasteiger partial charge in [-0.25, -0.2) is 18.2 Å². The molecule has 6 heteroatoms. The lowest BCUT2D eigenvalue weighted by Gasteiger charge is -2.06. The van der Waals surface area contributed by atoms with Gasteiger partial charge >= 0.3 is 5.97 Å². The topological polar surface area (TPSA) is 84.3 Å². The van der Waals surface area contributed by atoms with Crippen LogP contribution in [0.3, 0.4) is 0 Å². The maximum atomic E-state index is 11.3. The minimum atomic E-state index is -3.61. The van der Waals surface area contributed by atoms with Gasteiger partial charge in [-0.15, -0.1) is 0 Å². The Kier molecular flexibility index (Phi) is 2.81. The molecule has 0 unspecified atom stereocenters. The van der Waals surface area contributed by atoms with E-state index < -0.39 is 15.8 Å². The van der Waals surface area contributed by atoms with Crippen molar-refractivity contribution in [3.05, 3.63) is 22.9 Å². The number of hydrogen-bond donors (Lipinski definition) is 1. The van der Waals surface area contributed by atoms with Crippen molar-refractivity contribution < 1.29 is 18.3 Å². The summed E-state index contributed by atoms with van der Waals surface area (Å²) in [5.74, 6) is -1.29. The van der Waals surface area contributed by atoms with Gasteiger partial charge in [0.2, 0.25) is 0 Å².